The molecule has 1 fully saturated rings. The number of benzene rings is 2. The van der Waals surface area contributed by atoms with Crippen molar-refractivity contribution < 1.29 is 4.79 Å². The summed E-state index contributed by atoms with van der Waals surface area (Å²) in [5, 5.41) is 8.77. The van der Waals surface area contributed by atoms with Crippen LogP contribution < -0.4 is 5.56 Å². The van der Waals surface area contributed by atoms with Crippen molar-refractivity contribution in [1.29, 1.82) is 0 Å². The van der Waals surface area contributed by atoms with Crippen LogP contribution in [0, 0.1) is 0 Å². The second kappa shape index (κ2) is 6.95. The molecule has 1 spiro atoms. The first-order chi connectivity index (χ1) is 14.2. The lowest BCUT2D eigenvalue weighted by atomic mass is 9.85. The molecule has 0 saturated carbocycles. The minimum atomic E-state index is -0.256. The molecule has 3 heterocycles. The Kier molecular flexibility index (Phi) is 4.27. The van der Waals surface area contributed by atoms with E-state index in [2.05, 4.69) is 10.2 Å². The molecular weight excluding hydrogens is 364 g/mol. The fraction of sp³-hybridized carbons (Fsp3) is 0.304. The number of amides is 1. The van der Waals surface area contributed by atoms with E-state index in [4.69, 9.17) is 0 Å². The molecule has 1 atom stereocenters. The third-order valence-electron chi connectivity index (χ3n) is 6.19. The first kappa shape index (κ1) is 17.8. The van der Waals surface area contributed by atoms with Crippen LogP contribution in [0.4, 0.5) is 0 Å². The summed E-state index contributed by atoms with van der Waals surface area (Å²) in [6.45, 7) is 1.93. The van der Waals surface area contributed by atoms with Crippen molar-refractivity contribution in [3.63, 3.8) is 0 Å². The van der Waals surface area contributed by atoms with Gasteiger partial charge in [0.25, 0.3) is 5.56 Å². The smallest absolute Gasteiger partial charge is 0.280 e. The van der Waals surface area contributed by atoms with Crippen molar-refractivity contribution in [2.75, 3.05) is 13.1 Å². The molecule has 0 aliphatic carbocycles. The van der Waals surface area contributed by atoms with Crippen molar-refractivity contribution in [2.24, 2.45) is 0 Å². The number of nitrogens with zero attached hydrogens (tertiary/aromatic N) is 4. The van der Waals surface area contributed by atoms with Crippen LogP contribution >= 0.6 is 0 Å². The summed E-state index contributed by atoms with van der Waals surface area (Å²) in [6, 6.07) is 19.3. The fourth-order valence-electron chi connectivity index (χ4n) is 4.59. The topological polar surface area (TPSA) is 68.1 Å². The molecule has 146 valence electrons. The lowest BCUT2D eigenvalue weighted by molar-refractivity contribution is -0.129. The van der Waals surface area contributed by atoms with E-state index in [1.165, 1.54) is 0 Å². The average Bonchev–Trinajstić information content (AvgIpc) is 3.35. The van der Waals surface area contributed by atoms with E-state index in [1.54, 1.807) is 4.57 Å². The second-order valence-corrected chi connectivity index (χ2v) is 7.95. The normalized spacial score (nSPS) is 20.2. The number of fused-ring (bicyclic) bond motifs is 2. The first-order valence-electron chi connectivity index (χ1n) is 10.0. The number of hydrogen-bond donors (Lipinski definition) is 0. The molecule has 0 bridgehead atoms. The van der Waals surface area contributed by atoms with Gasteiger partial charge in [-0.3, -0.25) is 14.2 Å². The fourth-order valence-corrected chi connectivity index (χ4v) is 4.59. The highest BCUT2D eigenvalue weighted by Crippen LogP contribution is 2.40. The number of carbonyl (C=O) groups is 1. The molecule has 3 aromatic rings. The highest BCUT2D eigenvalue weighted by molar-refractivity contribution is 5.79. The Balaban J connectivity index is 1.40. The van der Waals surface area contributed by atoms with Gasteiger partial charge in [0, 0.05) is 25.2 Å². The number of aromatic nitrogens is 3. The van der Waals surface area contributed by atoms with Gasteiger partial charge in [-0.2, -0.15) is 0 Å². The Morgan fingerprint density at radius 1 is 0.931 bits per heavy atom. The highest BCUT2D eigenvalue weighted by atomic mass is 16.2. The largest absolute Gasteiger partial charge is 0.341 e. The summed E-state index contributed by atoms with van der Waals surface area (Å²) in [6.07, 6.45) is 2.05. The molecule has 0 unspecified atom stereocenters. The molecule has 6 nitrogen and oxygen atoms in total. The van der Waals surface area contributed by atoms with Crippen LogP contribution in [0.1, 0.15) is 24.2 Å². The summed E-state index contributed by atoms with van der Waals surface area (Å²) < 4.78 is 1.76. The first-order valence-corrected chi connectivity index (χ1v) is 10.0. The Hall–Kier alpha value is -3.28. The minimum absolute atomic E-state index is 0.0906. The van der Waals surface area contributed by atoms with E-state index < -0.39 is 0 Å². The molecule has 29 heavy (non-hydrogen) atoms. The van der Waals surface area contributed by atoms with Crippen molar-refractivity contribution in [3.05, 3.63) is 82.4 Å². The molecular formula is C23H22N4O2. The van der Waals surface area contributed by atoms with E-state index >= 15 is 0 Å². The van der Waals surface area contributed by atoms with Crippen LogP contribution in [0.2, 0.25) is 0 Å². The molecule has 2 aliphatic rings. The molecule has 5 rings (SSSR count). The van der Waals surface area contributed by atoms with Crippen molar-refractivity contribution in [3.8, 4) is 11.3 Å². The van der Waals surface area contributed by atoms with Gasteiger partial charge in [-0.05, 0) is 18.4 Å². The Morgan fingerprint density at radius 2 is 1.62 bits per heavy atom. The summed E-state index contributed by atoms with van der Waals surface area (Å²) >= 11 is 0. The molecule has 0 radical (unpaired) electrons. The number of carbonyl (C=O) groups excluding carboxylic acids is 1. The highest BCUT2D eigenvalue weighted by Gasteiger charge is 2.48. The maximum Gasteiger partial charge on any atom is 0.280 e. The molecule has 2 aromatic carbocycles. The minimum Gasteiger partial charge on any atom is -0.341 e. The van der Waals surface area contributed by atoms with Crippen molar-refractivity contribution in [2.45, 2.75) is 31.2 Å². The van der Waals surface area contributed by atoms with Gasteiger partial charge in [0.2, 0.25) is 5.91 Å². The third-order valence-corrected chi connectivity index (χ3v) is 6.19. The van der Waals surface area contributed by atoms with Gasteiger partial charge in [0.15, 0.2) is 5.69 Å². The van der Waals surface area contributed by atoms with Crippen LogP contribution in [-0.2, 0) is 23.2 Å². The van der Waals surface area contributed by atoms with Gasteiger partial charge in [-0.25, -0.2) is 0 Å². The zero-order valence-electron chi connectivity index (χ0n) is 16.1. The van der Waals surface area contributed by atoms with Crippen LogP contribution in [0.5, 0.6) is 0 Å². The van der Waals surface area contributed by atoms with E-state index in [9.17, 15) is 9.59 Å². The molecule has 1 amide bonds. The monoisotopic (exact) mass is 386 g/mol. The van der Waals surface area contributed by atoms with Crippen molar-refractivity contribution >= 4 is 5.91 Å². The van der Waals surface area contributed by atoms with Gasteiger partial charge in [-0.15, -0.1) is 10.2 Å². The lowest BCUT2D eigenvalue weighted by Crippen LogP contribution is -2.36. The predicted octanol–water partition coefficient (Wildman–Crippen LogP) is 2.42. The van der Waals surface area contributed by atoms with E-state index in [1.807, 2.05) is 65.6 Å². The van der Waals surface area contributed by atoms with E-state index in [-0.39, 0.29) is 16.9 Å². The third kappa shape index (κ3) is 3.05. The SMILES string of the molecule is O=C(Cc1ccccc1)N1CC[C@]2(CCn3c2nnc(-c2ccccc2)c3=O)C1. The van der Waals surface area contributed by atoms with Crippen LogP contribution in [0.3, 0.4) is 0 Å². The molecule has 6 heteroatoms. The van der Waals surface area contributed by atoms with Gasteiger partial charge in [-0.1, -0.05) is 60.7 Å². The van der Waals surface area contributed by atoms with Crippen LogP contribution in [0.15, 0.2) is 65.5 Å². The molecule has 1 aromatic heterocycles. The zero-order valence-corrected chi connectivity index (χ0v) is 16.1. The second-order valence-electron chi connectivity index (χ2n) is 7.95. The Bertz CT molecular complexity index is 1110. The lowest BCUT2D eigenvalue weighted by Gasteiger charge is -2.23. The number of hydrogen-bond acceptors (Lipinski definition) is 4. The summed E-state index contributed by atoms with van der Waals surface area (Å²) in [5.41, 5.74) is 1.85. The standard InChI is InChI=1S/C23H22N4O2/c28-19(15-17-7-3-1-4-8-17)26-13-11-23(16-26)12-14-27-21(29)20(24-25-22(23)27)18-9-5-2-6-10-18/h1-10H,11-16H2/t23-/m0/s1. The van der Waals surface area contributed by atoms with Crippen LogP contribution in [-0.4, -0.2) is 38.7 Å². The molecule has 2 aliphatic heterocycles. The summed E-state index contributed by atoms with van der Waals surface area (Å²) in [7, 11) is 0. The summed E-state index contributed by atoms with van der Waals surface area (Å²) in [4.78, 5) is 27.7. The van der Waals surface area contributed by atoms with Gasteiger partial charge in [0.1, 0.15) is 5.82 Å². The number of likely N-dealkylation sites (tertiary alicyclic amines) is 1. The quantitative estimate of drug-likeness (QED) is 0.693. The van der Waals surface area contributed by atoms with E-state index in [0.717, 1.165) is 29.8 Å². The molecule has 0 N–H and O–H groups in total. The van der Waals surface area contributed by atoms with E-state index in [0.29, 0.717) is 31.7 Å². The summed E-state index contributed by atoms with van der Waals surface area (Å²) in [5.74, 6) is 0.861. The zero-order chi connectivity index (χ0) is 19.8. The van der Waals surface area contributed by atoms with Crippen LogP contribution in [0.25, 0.3) is 11.3 Å². The predicted molar refractivity (Wildman–Crippen MR) is 109 cm³/mol. The van der Waals surface area contributed by atoms with Gasteiger partial charge < -0.3 is 4.90 Å². The Morgan fingerprint density at radius 3 is 2.38 bits per heavy atom. The van der Waals surface area contributed by atoms with Gasteiger partial charge >= 0.3 is 0 Å². The molecule has 1 saturated heterocycles. The maximum atomic E-state index is 13.0. The number of rotatable bonds is 3. The maximum absolute atomic E-state index is 13.0. The average molecular weight is 386 g/mol. The van der Waals surface area contributed by atoms with Crippen molar-refractivity contribution in [1.82, 2.24) is 19.7 Å². The van der Waals surface area contributed by atoms with Gasteiger partial charge in [0.05, 0.1) is 11.8 Å². The Labute approximate surface area is 168 Å².